The van der Waals surface area contributed by atoms with Gasteiger partial charge in [-0.15, -0.1) is 0 Å². The lowest BCUT2D eigenvalue weighted by atomic mass is 9.80. The van der Waals surface area contributed by atoms with Crippen LogP contribution in [0.2, 0.25) is 0 Å². The average molecular weight is 570 g/mol. The summed E-state index contributed by atoms with van der Waals surface area (Å²) in [7, 11) is 0. The Kier molecular flexibility index (Phi) is 9.57. The fraction of sp³-hybridized carbons (Fsp3) is 0.667. The van der Waals surface area contributed by atoms with Crippen LogP contribution in [0.4, 0.5) is 0 Å². The number of hydrogen-bond donors (Lipinski definition) is 3. The van der Waals surface area contributed by atoms with Crippen molar-refractivity contribution in [2.75, 3.05) is 45.9 Å². The van der Waals surface area contributed by atoms with Crippen molar-refractivity contribution in [3.63, 3.8) is 0 Å². The summed E-state index contributed by atoms with van der Waals surface area (Å²) in [6.07, 6.45) is 0.427. The second-order valence-electron chi connectivity index (χ2n) is 12.0. The van der Waals surface area contributed by atoms with Crippen LogP contribution in [0.15, 0.2) is 30.3 Å². The van der Waals surface area contributed by atoms with E-state index in [2.05, 4.69) is 10.6 Å². The standard InChI is InChI=1S/C30H43N5O6/c1-20-26(36)16-28(38)34-8-7-22(13-27(37)33-9-11-41-12-10-33)23(18-34)14-29(39)35-19-24(15-25(35)30(40)32-20)31-17-21-5-3-2-4-6-21/h2-6,20,22-26,31,36H,7-19H2,1H3,(H,32,40)/t20-,22-,23-,24-,25-,26-/m0/s1. The Balaban J connectivity index is 1.33. The summed E-state index contributed by atoms with van der Waals surface area (Å²) >= 11 is 0. The van der Waals surface area contributed by atoms with E-state index in [0.29, 0.717) is 71.7 Å². The minimum atomic E-state index is -1.04. The number of hydrogen-bond acceptors (Lipinski definition) is 7. The highest BCUT2D eigenvalue weighted by Crippen LogP contribution is 2.32. The molecule has 4 aliphatic rings. The number of amides is 4. The van der Waals surface area contributed by atoms with Crippen LogP contribution in [0.5, 0.6) is 0 Å². The second kappa shape index (κ2) is 13.3. The lowest BCUT2D eigenvalue weighted by molar-refractivity contribution is -0.143. The molecule has 4 fully saturated rings. The molecule has 4 heterocycles. The molecular formula is C30H43N5O6. The molecular weight excluding hydrogens is 526 g/mol. The number of nitrogens with one attached hydrogen (secondary N) is 2. The molecule has 5 rings (SSSR count). The number of carbonyl (C=O) groups excluding carboxylic acids is 4. The molecule has 41 heavy (non-hydrogen) atoms. The van der Waals surface area contributed by atoms with Gasteiger partial charge in [-0.05, 0) is 37.2 Å². The predicted octanol–water partition coefficient (Wildman–Crippen LogP) is 0.119. The molecule has 0 unspecified atom stereocenters. The monoisotopic (exact) mass is 569 g/mol. The van der Waals surface area contributed by atoms with Crippen LogP contribution in [0.3, 0.4) is 0 Å². The third-order valence-electron chi connectivity index (χ3n) is 9.17. The van der Waals surface area contributed by atoms with Crippen LogP contribution >= 0.6 is 0 Å². The van der Waals surface area contributed by atoms with E-state index in [1.807, 2.05) is 35.2 Å². The van der Waals surface area contributed by atoms with Crippen LogP contribution in [-0.2, 0) is 30.5 Å². The molecule has 0 saturated carbocycles. The highest BCUT2D eigenvalue weighted by Gasteiger charge is 2.43. The van der Waals surface area contributed by atoms with E-state index in [0.717, 1.165) is 5.56 Å². The number of benzene rings is 1. The summed E-state index contributed by atoms with van der Waals surface area (Å²) in [5, 5.41) is 17.1. The van der Waals surface area contributed by atoms with Crippen LogP contribution in [0, 0.1) is 11.8 Å². The predicted molar refractivity (Wildman–Crippen MR) is 150 cm³/mol. The van der Waals surface area contributed by atoms with Crippen LogP contribution in [0.1, 0.15) is 44.6 Å². The number of rotatable bonds is 5. The van der Waals surface area contributed by atoms with Gasteiger partial charge in [-0.2, -0.15) is 0 Å². The molecule has 4 saturated heterocycles. The molecule has 2 bridgehead atoms. The number of fused-ring (bicyclic) bond motifs is 3. The Morgan fingerprint density at radius 1 is 1.05 bits per heavy atom. The van der Waals surface area contributed by atoms with Crippen LogP contribution in [0.25, 0.3) is 0 Å². The maximum absolute atomic E-state index is 13.9. The number of morpholine rings is 1. The largest absolute Gasteiger partial charge is 0.390 e. The van der Waals surface area contributed by atoms with Crippen molar-refractivity contribution in [1.29, 1.82) is 0 Å². The fourth-order valence-corrected chi connectivity index (χ4v) is 6.58. The number of aliphatic hydroxyl groups is 1. The van der Waals surface area contributed by atoms with Gasteiger partial charge in [0.05, 0.1) is 31.8 Å². The number of ether oxygens (including phenoxy) is 1. The van der Waals surface area contributed by atoms with Gasteiger partial charge in [-0.1, -0.05) is 30.3 Å². The van der Waals surface area contributed by atoms with E-state index in [1.165, 1.54) is 0 Å². The number of piperidine rings is 1. The zero-order valence-corrected chi connectivity index (χ0v) is 23.9. The van der Waals surface area contributed by atoms with Crippen molar-refractivity contribution in [3.8, 4) is 0 Å². The zero-order valence-electron chi connectivity index (χ0n) is 23.9. The molecule has 1 aromatic rings. The first-order valence-electron chi connectivity index (χ1n) is 15.0. The van der Waals surface area contributed by atoms with Gasteiger partial charge in [-0.25, -0.2) is 0 Å². The molecule has 0 spiro atoms. The summed E-state index contributed by atoms with van der Waals surface area (Å²) in [5.41, 5.74) is 1.12. The number of nitrogens with zero attached hydrogens (tertiary/aromatic N) is 3. The van der Waals surface area contributed by atoms with Crippen molar-refractivity contribution in [2.24, 2.45) is 11.8 Å². The topological polar surface area (TPSA) is 132 Å². The first kappa shape index (κ1) is 29.5. The maximum atomic E-state index is 13.9. The lowest BCUT2D eigenvalue weighted by Crippen LogP contribution is -2.51. The minimum Gasteiger partial charge on any atom is -0.390 e. The summed E-state index contributed by atoms with van der Waals surface area (Å²) in [4.78, 5) is 58.7. The highest BCUT2D eigenvalue weighted by atomic mass is 16.5. The summed E-state index contributed by atoms with van der Waals surface area (Å²) < 4.78 is 5.39. The Morgan fingerprint density at radius 3 is 2.56 bits per heavy atom. The summed E-state index contributed by atoms with van der Waals surface area (Å²) in [6.45, 7) is 5.75. The molecule has 1 aromatic carbocycles. The molecule has 11 heteroatoms. The van der Waals surface area contributed by atoms with Crippen molar-refractivity contribution < 1.29 is 29.0 Å². The van der Waals surface area contributed by atoms with Gasteiger partial charge in [0.1, 0.15) is 6.04 Å². The van der Waals surface area contributed by atoms with Crippen LogP contribution < -0.4 is 10.6 Å². The average Bonchev–Trinajstić information content (AvgIpc) is 3.42. The number of carbonyl (C=O) groups is 4. The molecule has 0 radical (unpaired) electrons. The Hall–Kier alpha value is -3.02. The van der Waals surface area contributed by atoms with Gasteiger partial charge >= 0.3 is 0 Å². The second-order valence-corrected chi connectivity index (χ2v) is 12.0. The normalized spacial score (nSPS) is 31.6. The third-order valence-corrected chi connectivity index (χ3v) is 9.17. The van der Waals surface area contributed by atoms with Gasteiger partial charge in [0.15, 0.2) is 0 Å². The maximum Gasteiger partial charge on any atom is 0.243 e. The van der Waals surface area contributed by atoms with E-state index < -0.39 is 18.2 Å². The zero-order chi connectivity index (χ0) is 28.9. The quantitative estimate of drug-likeness (QED) is 0.459. The van der Waals surface area contributed by atoms with Crippen molar-refractivity contribution in [2.45, 2.75) is 69.8 Å². The van der Waals surface area contributed by atoms with Gasteiger partial charge in [0, 0.05) is 58.2 Å². The first-order valence-corrected chi connectivity index (χ1v) is 15.0. The van der Waals surface area contributed by atoms with Gasteiger partial charge in [0.25, 0.3) is 0 Å². The van der Waals surface area contributed by atoms with E-state index in [4.69, 9.17) is 4.74 Å². The Labute approximate surface area is 241 Å². The molecule has 6 atom stereocenters. The van der Waals surface area contributed by atoms with E-state index >= 15 is 0 Å². The summed E-state index contributed by atoms with van der Waals surface area (Å²) in [6, 6.07) is 8.61. The molecule has 11 nitrogen and oxygen atoms in total. The Morgan fingerprint density at radius 2 is 1.80 bits per heavy atom. The fourth-order valence-electron chi connectivity index (χ4n) is 6.58. The smallest absolute Gasteiger partial charge is 0.243 e. The SMILES string of the molecule is C[C@@H]1NC(=O)[C@@H]2C[C@H](NCc3ccccc3)CN2C(=O)C[C@H]2CN(CC[C@H]2CC(=O)N2CCOCC2)C(=O)C[C@@H]1O. The van der Waals surface area contributed by atoms with Crippen molar-refractivity contribution in [1.82, 2.24) is 25.3 Å². The summed E-state index contributed by atoms with van der Waals surface area (Å²) in [5.74, 6) is -0.845. The van der Waals surface area contributed by atoms with Crippen LogP contribution in [-0.4, -0.2) is 114 Å². The highest BCUT2D eigenvalue weighted by molar-refractivity contribution is 5.89. The number of aliphatic hydroxyl groups excluding tert-OH is 1. The van der Waals surface area contributed by atoms with Gasteiger partial charge < -0.3 is 35.2 Å². The molecule has 3 N–H and O–H groups in total. The van der Waals surface area contributed by atoms with E-state index in [-0.39, 0.29) is 54.3 Å². The molecule has 0 aliphatic carbocycles. The lowest BCUT2D eigenvalue weighted by Gasteiger charge is -2.40. The van der Waals surface area contributed by atoms with E-state index in [1.54, 1.807) is 16.7 Å². The van der Waals surface area contributed by atoms with Gasteiger partial charge in [-0.3, -0.25) is 19.2 Å². The van der Waals surface area contributed by atoms with E-state index in [9.17, 15) is 24.3 Å². The van der Waals surface area contributed by atoms with Gasteiger partial charge in [0.2, 0.25) is 23.6 Å². The van der Waals surface area contributed by atoms with Crippen molar-refractivity contribution >= 4 is 23.6 Å². The first-order chi connectivity index (χ1) is 19.8. The Bertz CT molecular complexity index is 1100. The molecule has 224 valence electrons. The van der Waals surface area contributed by atoms with Crippen molar-refractivity contribution in [3.05, 3.63) is 35.9 Å². The minimum absolute atomic E-state index is 0.0470. The molecule has 4 amide bonds. The molecule has 0 aromatic heterocycles. The molecule has 4 aliphatic heterocycles. The third kappa shape index (κ3) is 7.25.